The minimum Gasteiger partial charge on any atom is -0.494 e. The maximum atomic E-state index is 12.8. The van der Waals surface area contributed by atoms with Crippen molar-refractivity contribution in [1.82, 2.24) is 4.90 Å². The maximum absolute atomic E-state index is 12.8. The van der Waals surface area contributed by atoms with Crippen LogP contribution < -0.4 is 10.5 Å². The molecule has 1 amide bonds. The summed E-state index contributed by atoms with van der Waals surface area (Å²) in [4.78, 5) is 14.7. The number of rotatable bonds is 5. The first-order valence-electron chi connectivity index (χ1n) is 7.91. The highest BCUT2D eigenvalue weighted by Gasteiger charge is 2.31. The largest absolute Gasteiger partial charge is 0.494 e. The van der Waals surface area contributed by atoms with Gasteiger partial charge in [0, 0.05) is 24.7 Å². The molecule has 0 saturated carbocycles. The molecule has 0 aliphatic carbocycles. The van der Waals surface area contributed by atoms with Crippen LogP contribution in [0.4, 0.5) is 0 Å². The molecule has 2 rings (SSSR count). The summed E-state index contributed by atoms with van der Waals surface area (Å²) in [6.07, 6.45) is 3.15. The average molecular weight is 327 g/mol. The molecule has 22 heavy (non-hydrogen) atoms. The number of carbonyl (C=O) groups excluding carboxylic acids is 1. The molecule has 2 unspecified atom stereocenters. The maximum Gasteiger partial charge on any atom is 0.254 e. The molecule has 0 bridgehead atoms. The van der Waals surface area contributed by atoms with Crippen LogP contribution in [-0.2, 0) is 0 Å². The van der Waals surface area contributed by atoms with Gasteiger partial charge in [-0.25, -0.2) is 0 Å². The van der Waals surface area contributed by atoms with Crippen molar-refractivity contribution in [3.05, 3.63) is 29.8 Å². The van der Waals surface area contributed by atoms with Gasteiger partial charge in [0.25, 0.3) is 5.91 Å². The van der Waals surface area contributed by atoms with Crippen molar-refractivity contribution < 1.29 is 9.53 Å². The predicted molar refractivity (Wildman–Crippen MR) is 91.8 cm³/mol. The van der Waals surface area contributed by atoms with Gasteiger partial charge in [-0.3, -0.25) is 4.79 Å². The lowest BCUT2D eigenvalue weighted by atomic mass is 9.90. The normalized spacial score (nSPS) is 21.1. The summed E-state index contributed by atoms with van der Waals surface area (Å²) in [5.41, 5.74) is 6.57. The van der Waals surface area contributed by atoms with Crippen LogP contribution in [0.25, 0.3) is 0 Å². The van der Waals surface area contributed by atoms with E-state index < -0.39 is 0 Å². The third-order valence-corrected chi connectivity index (χ3v) is 4.17. The fourth-order valence-corrected chi connectivity index (χ4v) is 2.97. The van der Waals surface area contributed by atoms with Gasteiger partial charge < -0.3 is 15.4 Å². The summed E-state index contributed by atoms with van der Waals surface area (Å²) in [6, 6.07) is 7.61. The number of piperidine rings is 1. The fraction of sp³-hybridized carbons (Fsp3) is 0.588. The van der Waals surface area contributed by atoms with Crippen LogP contribution in [0.15, 0.2) is 24.3 Å². The van der Waals surface area contributed by atoms with E-state index in [0.717, 1.165) is 31.6 Å². The molecule has 2 atom stereocenters. The van der Waals surface area contributed by atoms with Crippen molar-refractivity contribution in [3.8, 4) is 5.75 Å². The Morgan fingerprint density at radius 3 is 2.91 bits per heavy atom. The molecule has 1 aliphatic rings. The predicted octanol–water partition coefficient (Wildman–Crippen LogP) is 3.10. The zero-order valence-electron chi connectivity index (χ0n) is 13.5. The van der Waals surface area contributed by atoms with E-state index in [1.165, 1.54) is 0 Å². The Hall–Kier alpha value is -1.26. The molecule has 124 valence electrons. The molecule has 0 spiro atoms. The van der Waals surface area contributed by atoms with Gasteiger partial charge >= 0.3 is 0 Å². The van der Waals surface area contributed by atoms with Crippen LogP contribution in [0.2, 0.25) is 0 Å². The van der Waals surface area contributed by atoms with Gasteiger partial charge in [-0.1, -0.05) is 19.9 Å². The summed E-state index contributed by atoms with van der Waals surface area (Å²) in [7, 11) is 0. The molecule has 5 heteroatoms. The standard InChI is InChI=1S/C17H26N2O2.ClH/c1-3-10-21-15-8-4-7-14(11-15)17(20)19-9-5-6-13(2)16(19)12-18;/h4,7-8,11,13,16H,3,5-6,9-10,12,18H2,1-2H3;1H. The number of carbonyl (C=O) groups is 1. The Balaban J connectivity index is 0.00000242. The van der Waals surface area contributed by atoms with Crippen molar-refractivity contribution in [2.45, 2.75) is 39.2 Å². The average Bonchev–Trinajstić information content (AvgIpc) is 2.52. The lowest BCUT2D eigenvalue weighted by molar-refractivity contribution is 0.0532. The molecule has 1 fully saturated rings. The first kappa shape index (κ1) is 18.8. The number of ether oxygens (including phenoxy) is 1. The molecule has 0 aromatic heterocycles. The Kier molecular flexibility index (Phi) is 7.69. The number of likely N-dealkylation sites (tertiary alicyclic amines) is 1. The molecule has 1 aromatic carbocycles. The summed E-state index contributed by atoms with van der Waals surface area (Å²) >= 11 is 0. The van der Waals surface area contributed by atoms with E-state index >= 15 is 0 Å². The molecule has 0 radical (unpaired) electrons. The fourth-order valence-electron chi connectivity index (χ4n) is 2.97. The Bertz CT molecular complexity index is 481. The highest BCUT2D eigenvalue weighted by atomic mass is 35.5. The Morgan fingerprint density at radius 1 is 1.45 bits per heavy atom. The molecule has 1 aliphatic heterocycles. The topological polar surface area (TPSA) is 55.6 Å². The van der Waals surface area contributed by atoms with E-state index in [9.17, 15) is 4.79 Å². The van der Waals surface area contributed by atoms with Gasteiger partial charge in [0.1, 0.15) is 5.75 Å². The van der Waals surface area contributed by atoms with E-state index in [1.807, 2.05) is 29.2 Å². The van der Waals surface area contributed by atoms with Crippen molar-refractivity contribution in [3.63, 3.8) is 0 Å². The summed E-state index contributed by atoms with van der Waals surface area (Å²) in [6.45, 7) is 6.24. The minimum absolute atomic E-state index is 0. The van der Waals surface area contributed by atoms with Crippen LogP contribution in [0.3, 0.4) is 0 Å². The van der Waals surface area contributed by atoms with Crippen molar-refractivity contribution >= 4 is 18.3 Å². The van der Waals surface area contributed by atoms with Crippen LogP contribution in [-0.4, -0.2) is 36.5 Å². The number of hydrogen-bond acceptors (Lipinski definition) is 3. The molecule has 1 aromatic rings. The highest BCUT2D eigenvalue weighted by Crippen LogP contribution is 2.25. The van der Waals surface area contributed by atoms with Gasteiger partial charge in [-0.05, 0) is 43.4 Å². The number of benzene rings is 1. The van der Waals surface area contributed by atoms with Crippen LogP contribution in [0.1, 0.15) is 43.5 Å². The first-order valence-corrected chi connectivity index (χ1v) is 7.91. The second-order valence-corrected chi connectivity index (χ2v) is 5.80. The van der Waals surface area contributed by atoms with Crippen molar-refractivity contribution in [2.24, 2.45) is 11.7 Å². The number of amides is 1. The third kappa shape index (κ3) is 4.37. The summed E-state index contributed by atoms with van der Waals surface area (Å²) in [5, 5.41) is 0. The van der Waals surface area contributed by atoms with Gasteiger partial charge in [-0.15, -0.1) is 12.4 Å². The van der Waals surface area contributed by atoms with Crippen LogP contribution in [0.5, 0.6) is 5.75 Å². The second kappa shape index (κ2) is 9.01. The smallest absolute Gasteiger partial charge is 0.254 e. The minimum atomic E-state index is 0. The van der Waals surface area contributed by atoms with Crippen molar-refractivity contribution in [1.29, 1.82) is 0 Å². The number of halogens is 1. The molecule has 1 heterocycles. The third-order valence-electron chi connectivity index (χ3n) is 4.17. The number of hydrogen-bond donors (Lipinski definition) is 1. The van der Waals surface area contributed by atoms with Crippen LogP contribution in [0, 0.1) is 5.92 Å². The Labute approximate surface area is 139 Å². The van der Waals surface area contributed by atoms with E-state index in [2.05, 4.69) is 13.8 Å². The molecule has 1 saturated heterocycles. The van der Waals surface area contributed by atoms with E-state index in [-0.39, 0.29) is 24.4 Å². The quantitative estimate of drug-likeness (QED) is 0.904. The molecular weight excluding hydrogens is 300 g/mol. The summed E-state index contributed by atoms with van der Waals surface area (Å²) < 4.78 is 5.61. The van der Waals surface area contributed by atoms with Crippen molar-refractivity contribution in [2.75, 3.05) is 19.7 Å². The monoisotopic (exact) mass is 326 g/mol. The molecule has 2 N–H and O–H groups in total. The van der Waals surface area contributed by atoms with E-state index in [1.54, 1.807) is 0 Å². The lowest BCUT2D eigenvalue weighted by Gasteiger charge is -2.39. The van der Waals surface area contributed by atoms with E-state index in [4.69, 9.17) is 10.5 Å². The van der Waals surface area contributed by atoms with Gasteiger partial charge in [-0.2, -0.15) is 0 Å². The first-order chi connectivity index (χ1) is 10.2. The van der Waals surface area contributed by atoms with Gasteiger partial charge in [0.2, 0.25) is 0 Å². The van der Waals surface area contributed by atoms with Gasteiger partial charge in [0.15, 0.2) is 0 Å². The highest BCUT2D eigenvalue weighted by molar-refractivity contribution is 5.95. The van der Waals surface area contributed by atoms with Gasteiger partial charge in [0.05, 0.1) is 6.61 Å². The number of nitrogens with two attached hydrogens (primary N) is 1. The van der Waals surface area contributed by atoms with Crippen LogP contribution >= 0.6 is 12.4 Å². The molecular formula is C17H27ClN2O2. The second-order valence-electron chi connectivity index (χ2n) is 5.80. The Morgan fingerprint density at radius 2 is 2.23 bits per heavy atom. The zero-order valence-corrected chi connectivity index (χ0v) is 14.3. The number of nitrogens with zero attached hydrogens (tertiary/aromatic N) is 1. The molecule has 4 nitrogen and oxygen atoms in total. The zero-order chi connectivity index (χ0) is 15.2. The lowest BCUT2D eigenvalue weighted by Crippen LogP contribution is -2.51. The van der Waals surface area contributed by atoms with E-state index in [0.29, 0.717) is 24.6 Å². The SMILES string of the molecule is CCCOc1cccc(C(=O)N2CCCC(C)C2CN)c1.Cl. The summed E-state index contributed by atoms with van der Waals surface area (Å²) in [5.74, 6) is 1.29.